The van der Waals surface area contributed by atoms with E-state index in [4.69, 9.17) is 0 Å². The van der Waals surface area contributed by atoms with E-state index in [9.17, 15) is 23.1 Å². The van der Waals surface area contributed by atoms with Crippen molar-refractivity contribution in [3.05, 3.63) is 34.3 Å². The van der Waals surface area contributed by atoms with Crippen LogP contribution in [0.15, 0.2) is 28.7 Å². The van der Waals surface area contributed by atoms with E-state index in [-0.39, 0.29) is 13.0 Å². The average Bonchev–Trinajstić information content (AvgIpc) is 2.27. The van der Waals surface area contributed by atoms with Gasteiger partial charge in [-0.15, -0.1) is 0 Å². The molecule has 0 saturated heterocycles. The standard InChI is InChI=1S/C11H11BrF3NO2/c12-8-3-1-2-7(6-8)9(17)4-5-16-10(18)11(13,14)15/h1-3,6,9,17H,4-5H2,(H,16,18)/t9-/m1/s1. The highest BCUT2D eigenvalue weighted by Crippen LogP contribution is 2.20. The first-order chi connectivity index (χ1) is 8.30. The van der Waals surface area contributed by atoms with E-state index in [1.165, 1.54) is 0 Å². The number of nitrogens with one attached hydrogen (secondary N) is 1. The molecule has 0 saturated carbocycles. The lowest BCUT2D eigenvalue weighted by Gasteiger charge is -2.12. The zero-order valence-corrected chi connectivity index (χ0v) is 10.8. The van der Waals surface area contributed by atoms with Crippen LogP contribution in [0.4, 0.5) is 13.2 Å². The largest absolute Gasteiger partial charge is 0.471 e. The Morgan fingerprint density at radius 2 is 2.11 bits per heavy atom. The summed E-state index contributed by atoms with van der Waals surface area (Å²) < 4.78 is 36.4. The Kier molecular flexibility index (Phi) is 5.15. The van der Waals surface area contributed by atoms with Gasteiger partial charge in [-0.2, -0.15) is 13.2 Å². The van der Waals surface area contributed by atoms with Gasteiger partial charge in [0.1, 0.15) is 0 Å². The van der Waals surface area contributed by atoms with Crippen LogP contribution < -0.4 is 5.32 Å². The highest BCUT2D eigenvalue weighted by Gasteiger charge is 2.38. The maximum Gasteiger partial charge on any atom is 0.471 e. The third-order valence-electron chi connectivity index (χ3n) is 2.19. The summed E-state index contributed by atoms with van der Waals surface area (Å²) in [6.45, 7) is -0.244. The van der Waals surface area contributed by atoms with E-state index in [0.717, 1.165) is 4.47 Å². The number of aliphatic hydroxyl groups excluding tert-OH is 1. The average molecular weight is 326 g/mol. The van der Waals surface area contributed by atoms with Crippen LogP contribution in [0.3, 0.4) is 0 Å². The van der Waals surface area contributed by atoms with Crippen molar-refractivity contribution < 1.29 is 23.1 Å². The Morgan fingerprint density at radius 1 is 1.44 bits per heavy atom. The van der Waals surface area contributed by atoms with E-state index >= 15 is 0 Å². The molecule has 0 bridgehead atoms. The summed E-state index contributed by atoms with van der Waals surface area (Å²) in [5.41, 5.74) is 0.575. The first-order valence-corrected chi connectivity index (χ1v) is 5.88. The summed E-state index contributed by atoms with van der Waals surface area (Å²) in [6.07, 6.45) is -5.80. The Labute approximate surface area is 110 Å². The summed E-state index contributed by atoms with van der Waals surface area (Å²) in [5, 5.41) is 11.4. The Morgan fingerprint density at radius 3 is 2.67 bits per heavy atom. The number of benzene rings is 1. The minimum Gasteiger partial charge on any atom is -0.388 e. The van der Waals surface area contributed by atoms with Crippen molar-refractivity contribution in [1.82, 2.24) is 5.32 Å². The molecule has 0 radical (unpaired) electrons. The molecule has 7 heteroatoms. The molecule has 1 atom stereocenters. The predicted octanol–water partition coefficient (Wildman–Crippen LogP) is 2.55. The van der Waals surface area contributed by atoms with E-state index in [1.54, 1.807) is 29.6 Å². The molecule has 1 aromatic rings. The van der Waals surface area contributed by atoms with Crippen LogP contribution in [-0.2, 0) is 4.79 Å². The number of hydrogen-bond donors (Lipinski definition) is 2. The van der Waals surface area contributed by atoms with Crippen molar-refractivity contribution in [2.45, 2.75) is 18.7 Å². The van der Waals surface area contributed by atoms with Crippen molar-refractivity contribution >= 4 is 21.8 Å². The van der Waals surface area contributed by atoms with Crippen LogP contribution in [0.25, 0.3) is 0 Å². The topological polar surface area (TPSA) is 49.3 Å². The van der Waals surface area contributed by atoms with Crippen molar-refractivity contribution in [2.24, 2.45) is 0 Å². The summed E-state index contributed by atoms with van der Waals surface area (Å²) in [5.74, 6) is -2.00. The highest BCUT2D eigenvalue weighted by atomic mass is 79.9. The molecule has 0 aliphatic carbocycles. The molecule has 1 amide bonds. The van der Waals surface area contributed by atoms with Gasteiger partial charge in [0.2, 0.25) is 0 Å². The molecule has 0 aliphatic heterocycles. The molecule has 1 rings (SSSR count). The van der Waals surface area contributed by atoms with Crippen LogP contribution in [0, 0.1) is 0 Å². The van der Waals surface area contributed by atoms with Crippen LogP contribution in [0.2, 0.25) is 0 Å². The zero-order chi connectivity index (χ0) is 13.8. The first kappa shape index (κ1) is 15.0. The van der Waals surface area contributed by atoms with Crippen molar-refractivity contribution in [1.29, 1.82) is 0 Å². The molecule has 0 spiro atoms. The summed E-state index contributed by atoms with van der Waals surface area (Å²) in [6, 6.07) is 6.79. The quantitative estimate of drug-likeness (QED) is 0.893. The number of alkyl halides is 3. The second-order valence-corrected chi connectivity index (χ2v) is 4.53. The van der Waals surface area contributed by atoms with Crippen LogP contribution >= 0.6 is 15.9 Å². The number of rotatable bonds is 4. The molecule has 2 N–H and O–H groups in total. The number of hydrogen-bond acceptors (Lipinski definition) is 2. The van der Waals surface area contributed by atoms with Gasteiger partial charge in [0, 0.05) is 11.0 Å². The maximum atomic E-state index is 11.9. The van der Waals surface area contributed by atoms with E-state index in [2.05, 4.69) is 15.9 Å². The monoisotopic (exact) mass is 325 g/mol. The fourth-order valence-corrected chi connectivity index (χ4v) is 1.72. The van der Waals surface area contributed by atoms with Gasteiger partial charge in [0.25, 0.3) is 0 Å². The Balaban J connectivity index is 2.43. The number of carbonyl (C=O) groups is 1. The van der Waals surface area contributed by atoms with Gasteiger partial charge in [-0.05, 0) is 24.1 Å². The van der Waals surface area contributed by atoms with Gasteiger partial charge >= 0.3 is 12.1 Å². The van der Waals surface area contributed by atoms with E-state index in [1.807, 2.05) is 0 Å². The van der Waals surface area contributed by atoms with E-state index < -0.39 is 18.2 Å². The minimum absolute atomic E-state index is 0.0122. The highest BCUT2D eigenvalue weighted by molar-refractivity contribution is 9.10. The second kappa shape index (κ2) is 6.19. The molecule has 18 heavy (non-hydrogen) atoms. The van der Waals surface area contributed by atoms with Crippen molar-refractivity contribution in [3.8, 4) is 0 Å². The SMILES string of the molecule is O=C(NCC[C@@H](O)c1cccc(Br)c1)C(F)(F)F. The minimum atomic E-state index is -4.89. The number of amides is 1. The fourth-order valence-electron chi connectivity index (χ4n) is 1.30. The molecule has 0 aromatic heterocycles. The molecule has 3 nitrogen and oxygen atoms in total. The molecule has 0 heterocycles. The predicted molar refractivity (Wildman–Crippen MR) is 62.8 cm³/mol. The third kappa shape index (κ3) is 4.66. The molecule has 0 fully saturated rings. The Bertz CT molecular complexity index is 423. The molecule has 0 unspecified atom stereocenters. The second-order valence-electron chi connectivity index (χ2n) is 3.61. The summed E-state index contributed by atoms with van der Waals surface area (Å²) in [4.78, 5) is 10.5. The first-order valence-electron chi connectivity index (χ1n) is 5.09. The van der Waals surface area contributed by atoms with Gasteiger partial charge in [-0.3, -0.25) is 4.79 Å². The fraction of sp³-hybridized carbons (Fsp3) is 0.364. The van der Waals surface area contributed by atoms with Gasteiger partial charge in [0.15, 0.2) is 0 Å². The number of aliphatic hydroxyl groups is 1. The van der Waals surface area contributed by atoms with Gasteiger partial charge in [0.05, 0.1) is 6.10 Å². The van der Waals surface area contributed by atoms with Crippen molar-refractivity contribution in [3.63, 3.8) is 0 Å². The molecule has 0 aliphatic rings. The van der Waals surface area contributed by atoms with Gasteiger partial charge in [-0.1, -0.05) is 28.1 Å². The Hall–Kier alpha value is -1.08. The maximum absolute atomic E-state index is 11.9. The molecular weight excluding hydrogens is 315 g/mol. The van der Waals surface area contributed by atoms with Crippen molar-refractivity contribution in [2.75, 3.05) is 6.54 Å². The number of halogens is 4. The third-order valence-corrected chi connectivity index (χ3v) is 2.69. The van der Waals surface area contributed by atoms with Crippen LogP contribution in [0.1, 0.15) is 18.1 Å². The lowest BCUT2D eigenvalue weighted by Crippen LogP contribution is -2.37. The zero-order valence-electron chi connectivity index (χ0n) is 9.17. The smallest absolute Gasteiger partial charge is 0.388 e. The lowest BCUT2D eigenvalue weighted by molar-refractivity contribution is -0.173. The van der Waals surface area contributed by atoms with E-state index in [0.29, 0.717) is 5.56 Å². The lowest BCUT2D eigenvalue weighted by atomic mass is 10.1. The normalized spacial score (nSPS) is 13.2. The van der Waals surface area contributed by atoms with Crippen LogP contribution in [0.5, 0.6) is 0 Å². The van der Waals surface area contributed by atoms with Gasteiger partial charge in [-0.25, -0.2) is 0 Å². The molecule has 100 valence electrons. The summed E-state index contributed by atoms with van der Waals surface area (Å²) >= 11 is 3.22. The summed E-state index contributed by atoms with van der Waals surface area (Å²) in [7, 11) is 0. The van der Waals surface area contributed by atoms with Crippen LogP contribution in [-0.4, -0.2) is 23.7 Å². The number of carbonyl (C=O) groups excluding carboxylic acids is 1. The molecular formula is C11H11BrF3NO2. The van der Waals surface area contributed by atoms with Gasteiger partial charge < -0.3 is 10.4 Å². The molecule has 1 aromatic carbocycles.